The Morgan fingerprint density at radius 2 is 1.86 bits per heavy atom. The number of rotatable bonds is 4. The highest BCUT2D eigenvalue weighted by atomic mass is 19.1. The van der Waals surface area contributed by atoms with Crippen molar-refractivity contribution in [3.05, 3.63) is 59.4 Å². The lowest BCUT2D eigenvalue weighted by atomic mass is 10.0. The van der Waals surface area contributed by atoms with E-state index in [2.05, 4.69) is 5.32 Å². The van der Waals surface area contributed by atoms with Gasteiger partial charge in [-0.25, -0.2) is 9.18 Å². The average Bonchev–Trinajstić information content (AvgIpc) is 2.47. The topological polar surface area (TPSA) is 66.4 Å². The second-order valence-electron chi connectivity index (χ2n) is 4.44. The number of carboxylic acid groups (broad SMARTS) is 1. The van der Waals surface area contributed by atoms with Gasteiger partial charge in [-0.3, -0.25) is 4.79 Å². The summed E-state index contributed by atoms with van der Waals surface area (Å²) in [7, 11) is 0. The van der Waals surface area contributed by atoms with Crippen molar-refractivity contribution in [2.75, 3.05) is 6.54 Å². The number of nitrogens with one attached hydrogen (secondary N) is 1. The number of carbonyl (C=O) groups excluding carboxylic acids is 1. The summed E-state index contributed by atoms with van der Waals surface area (Å²) in [4.78, 5) is 22.6. The van der Waals surface area contributed by atoms with Gasteiger partial charge in [-0.2, -0.15) is 0 Å². The first-order chi connectivity index (χ1) is 10.0. The number of amides is 1. The van der Waals surface area contributed by atoms with Crippen LogP contribution in [-0.2, 0) is 0 Å². The van der Waals surface area contributed by atoms with Crippen molar-refractivity contribution in [3.63, 3.8) is 0 Å². The van der Waals surface area contributed by atoms with Crippen molar-refractivity contribution in [1.82, 2.24) is 5.32 Å². The fourth-order valence-corrected chi connectivity index (χ4v) is 1.97. The van der Waals surface area contributed by atoms with Crippen molar-refractivity contribution in [3.8, 4) is 11.1 Å². The average molecular weight is 287 g/mol. The molecule has 0 unspecified atom stereocenters. The van der Waals surface area contributed by atoms with Crippen LogP contribution >= 0.6 is 0 Å². The fourth-order valence-electron chi connectivity index (χ4n) is 1.97. The molecule has 2 rings (SSSR count). The Morgan fingerprint density at radius 1 is 1.14 bits per heavy atom. The van der Waals surface area contributed by atoms with Crippen LogP contribution in [0.4, 0.5) is 4.39 Å². The summed E-state index contributed by atoms with van der Waals surface area (Å²) in [6, 6.07) is 10.4. The summed E-state index contributed by atoms with van der Waals surface area (Å²) in [5.41, 5.74) is 1.19. The van der Waals surface area contributed by atoms with Gasteiger partial charge in [-0.05, 0) is 42.3 Å². The zero-order valence-electron chi connectivity index (χ0n) is 11.4. The molecule has 0 aromatic heterocycles. The Bertz CT molecular complexity index is 698. The SMILES string of the molecule is CCNC(=O)c1ccc(-c2cccc(C(=O)O)c2)cc1F. The second-order valence-corrected chi connectivity index (χ2v) is 4.44. The zero-order valence-corrected chi connectivity index (χ0v) is 11.4. The molecule has 1 amide bonds. The van der Waals surface area contributed by atoms with E-state index >= 15 is 0 Å². The van der Waals surface area contributed by atoms with Gasteiger partial charge >= 0.3 is 5.97 Å². The van der Waals surface area contributed by atoms with Gasteiger partial charge in [0.2, 0.25) is 0 Å². The van der Waals surface area contributed by atoms with Crippen LogP contribution < -0.4 is 5.32 Å². The zero-order chi connectivity index (χ0) is 15.4. The lowest BCUT2D eigenvalue weighted by Gasteiger charge is -2.07. The van der Waals surface area contributed by atoms with E-state index in [0.29, 0.717) is 17.7 Å². The molecule has 2 aromatic rings. The molecule has 5 heteroatoms. The normalized spacial score (nSPS) is 10.2. The summed E-state index contributed by atoms with van der Waals surface area (Å²) in [6.07, 6.45) is 0. The van der Waals surface area contributed by atoms with E-state index in [1.54, 1.807) is 25.1 Å². The molecule has 0 saturated carbocycles. The minimum atomic E-state index is -1.05. The largest absolute Gasteiger partial charge is 0.478 e. The predicted octanol–water partition coefficient (Wildman–Crippen LogP) is 2.94. The van der Waals surface area contributed by atoms with Crippen LogP contribution in [0.3, 0.4) is 0 Å². The summed E-state index contributed by atoms with van der Waals surface area (Å²) in [6.45, 7) is 2.17. The van der Waals surface area contributed by atoms with Gasteiger partial charge in [0, 0.05) is 6.54 Å². The predicted molar refractivity (Wildman–Crippen MR) is 76.8 cm³/mol. The van der Waals surface area contributed by atoms with Gasteiger partial charge < -0.3 is 10.4 Å². The molecule has 0 aliphatic rings. The molecular weight excluding hydrogens is 273 g/mol. The first-order valence-electron chi connectivity index (χ1n) is 6.44. The molecule has 108 valence electrons. The number of carbonyl (C=O) groups is 2. The van der Waals surface area contributed by atoms with Crippen molar-refractivity contribution in [2.24, 2.45) is 0 Å². The van der Waals surface area contributed by atoms with Crippen molar-refractivity contribution in [2.45, 2.75) is 6.92 Å². The minimum absolute atomic E-state index is 0.0324. The molecule has 2 N–H and O–H groups in total. The smallest absolute Gasteiger partial charge is 0.335 e. The van der Waals surface area contributed by atoms with Gasteiger partial charge in [0.15, 0.2) is 0 Å². The number of hydrogen-bond donors (Lipinski definition) is 2. The molecule has 0 spiro atoms. The van der Waals surface area contributed by atoms with Gasteiger partial charge in [-0.15, -0.1) is 0 Å². The molecule has 0 saturated heterocycles. The molecule has 0 aliphatic heterocycles. The van der Waals surface area contributed by atoms with Crippen LogP contribution in [0, 0.1) is 5.82 Å². The third-order valence-corrected chi connectivity index (χ3v) is 2.99. The minimum Gasteiger partial charge on any atom is -0.478 e. The number of hydrogen-bond acceptors (Lipinski definition) is 2. The Labute approximate surface area is 121 Å². The van der Waals surface area contributed by atoms with Crippen LogP contribution in [0.5, 0.6) is 0 Å². The van der Waals surface area contributed by atoms with Crippen LogP contribution in [0.2, 0.25) is 0 Å². The summed E-state index contributed by atoms with van der Waals surface area (Å²) in [5.74, 6) is -2.16. The van der Waals surface area contributed by atoms with Crippen molar-refractivity contribution >= 4 is 11.9 Å². The summed E-state index contributed by atoms with van der Waals surface area (Å²) in [5, 5.41) is 11.5. The van der Waals surface area contributed by atoms with E-state index in [4.69, 9.17) is 5.11 Å². The molecule has 0 heterocycles. The molecule has 0 atom stereocenters. The Balaban J connectivity index is 2.38. The van der Waals surface area contributed by atoms with Gasteiger partial charge in [0.1, 0.15) is 5.82 Å². The summed E-state index contributed by atoms with van der Waals surface area (Å²) >= 11 is 0. The van der Waals surface area contributed by atoms with E-state index in [-0.39, 0.29) is 11.1 Å². The van der Waals surface area contributed by atoms with Crippen molar-refractivity contribution < 1.29 is 19.1 Å². The number of halogens is 1. The summed E-state index contributed by atoms with van der Waals surface area (Å²) < 4.78 is 14.0. The first-order valence-corrected chi connectivity index (χ1v) is 6.44. The van der Waals surface area contributed by atoms with E-state index in [9.17, 15) is 14.0 Å². The molecule has 0 bridgehead atoms. The van der Waals surface area contributed by atoms with Gasteiger partial charge in [-0.1, -0.05) is 18.2 Å². The quantitative estimate of drug-likeness (QED) is 0.908. The Morgan fingerprint density at radius 3 is 2.48 bits per heavy atom. The molecule has 0 fully saturated rings. The number of benzene rings is 2. The second kappa shape index (κ2) is 6.17. The maximum atomic E-state index is 14.0. The van der Waals surface area contributed by atoms with Crippen LogP contribution in [0.25, 0.3) is 11.1 Å². The molecule has 2 aromatic carbocycles. The maximum Gasteiger partial charge on any atom is 0.335 e. The fraction of sp³-hybridized carbons (Fsp3) is 0.125. The lowest BCUT2D eigenvalue weighted by molar-refractivity contribution is 0.0696. The van der Waals surface area contributed by atoms with E-state index in [1.807, 2.05) is 0 Å². The molecule has 21 heavy (non-hydrogen) atoms. The standard InChI is InChI=1S/C16H14FNO3/c1-2-18-15(19)13-7-6-11(9-14(13)17)10-4-3-5-12(8-10)16(20)21/h3-9H,2H2,1H3,(H,18,19)(H,20,21). The molecular formula is C16H14FNO3. The third-order valence-electron chi connectivity index (χ3n) is 2.99. The Hall–Kier alpha value is -2.69. The monoisotopic (exact) mass is 287 g/mol. The van der Waals surface area contributed by atoms with E-state index in [1.165, 1.54) is 24.3 Å². The van der Waals surface area contributed by atoms with E-state index < -0.39 is 17.7 Å². The van der Waals surface area contributed by atoms with Crippen LogP contribution in [0.1, 0.15) is 27.6 Å². The lowest BCUT2D eigenvalue weighted by Crippen LogP contribution is -2.23. The highest BCUT2D eigenvalue weighted by Crippen LogP contribution is 2.23. The highest BCUT2D eigenvalue weighted by Gasteiger charge is 2.12. The molecule has 0 radical (unpaired) electrons. The van der Waals surface area contributed by atoms with Gasteiger partial charge in [0.05, 0.1) is 11.1 Å². The van der Waals surface area contributed by atoms with E-state index in [0.717, 1.165) is 0 Å². The van der Waals surface area contributed by atoms with Gasteiger partial charge in [0.25, 0.3) is 5.91 Å². The number of aromatic carboxylic acids is 1. The molecule has 4 nitrogen and oxygen atoms in total. The number of carboxylic acids is 1. The maximum absolute atomic E-state index is 14.0. The van der Waals surface area contributed by atoms with Crippen molar-refractivity contribution in [1.29, 1.82) is 0 Å². The van der Waals surface area contributed by atoms with Crippen LogP contribution in [-0.4, -0.2) is 23.5 Å². The third kappa shape index (κ3) is 3.25. The highest BCUT2D eigenvalue weighted by molar-refractivity contribution is 5.95. The van der Waals surface area contributed by atoms with Crippen LogP contribution in [0.15, 0.2) is 42.5 Å². The molecule has 0 aliphatic carbocycles. The first kappa shape index (κ1) is 14.7. The Kier molecular flexibility index (Phi) is 4.33.